The van der Waals surface area contributed by atoms with E-state index in [1.54, 1.807) is 0 Å². The Morgan fingerprint density at radius 3 is 2.40 bits per heavy atom. The van der Waals surface area contributed by atoms with Gasteiger partial charge in [0.25, 0.3) is 0 Å². The molecule has 0 amide bonds. The molecular formula is C19H19Br. The number of hydrogen-bond donors (Lipinski definition) is 0. The van der Waals surface area contributed by atoms with Gasteiger partial charge in [-0.2, -0.15) is 0 Å². The molecule has 0 N–H and O–H groups in total. The molecule has 0 aliphatic heterocycles. The molecule has 1 aliphatic carbocycles. The highest BCUT2D eigenvalue weighted by Gasteiger charge is 2.17. The second-order valence-corrected chi connectivity index (χ2v) is 6.68. The van der Waals surface area contributed by atoms with Crippen molar-refractivity contribution in [1.82, 2.24) is 0 Å². The van der Waals surface area contributed by atoms with Crippen LogP contribution in [-0.2, 0) is 6.42 Å². The first kappa shape index (κ1) is 13.6. The van der Waals surface area contributed by atoms with Crippen LogP contribution in [0.25, 0.3) is 17.2 Å². The normalized spacial score (nSPS) is 12.8. The van der Waals surface area contributed by atoms with E-state index < -0.39 is 0 Å². The van der Waals surface area contributed by atoms with Gasteiger partial charge >= 0.3 is 0 Å². The number of aryl methyl sites for hydroxylation is 2. The molecule has 0 heterocycles. The standard InChI is InChI=1S/C19H19Br/c1-11-8-12(2)19(14(4)13(11)3)18-10-16(20)9-15-6-5-7-17(15)18/h5-6,8-10H,7H2,1-4H3. The minimum atomic E-state index is 1.05. The minimum absolute atomic E-state index is 1.05. The second-order valence-electron chi connectivity index (χ2n) is 5.76. The van der Waals surface area contributed by atoms with Crippen molar-refractivity contribution < 1.29 is 0 Å². The molecule has 0 aromatic heterocycles. The lowest BCUT2D eigenvalue weighted by Crippen LogP contribution is -1.98. The van der Waals surface area contributed by atoms with E-state index in [2.05, 4.69) is 74.0 Å². The summed E-state index contributed by atoms with van der Waals surface area (Å²) in [7, 11) is 0. The molecular weight excluding hydrogens is 308 g/mol. The van der Waals surface area contributed by atoms with E-state index in [0.29, 0.717) is 0 Å². The van der Waals surface area contributed by atoms with Gasteiger partial charge in [-0.25, -0.2) is 0 Å². The van der Waals surface area contributed by atoms with Crippen molar-refractivity contribution in [2.45, 2.75) is 34.1 Å². The molecule has 0 saturated carbocycles. The highest BCUT2D eigenvalue weighted by atomic mass is 79.9. The Morgan fingerprint density at radius 2 is 1.65 bits per heavy atom. The monoisotopic (exact) mass is 326 g/mol. The quantitative estimate of drug-likeness (QED) is 0.610. The summed E-state index contributed by atoms with van der Waals surface area (Å²) in [5.41, 5.74) is 11.2. The first-order valence-electron chi connectivity index (χ1n) is 7.05. The van der Waals surface area contributed by atoms with Gasteiger partial charge in [0.2, 0.25) is 0 Å². The van der Waals surface area contributed by atoms with Gasteiger partial charge in [0.15, 0.2) is 0 Å². The summed E-state index contributed by atoms with van der Waals surface area (Å²) in [5.74, 6) is 0. The predicted molar refractivity (Wildman–Crippen MR) is 91.3 cm³/mol. The fraction of sp³-hybridized carbons (Fsp3) is 0.263. The van der Waals surface area contributed by atoms with Crippen LogP contribution in [0.4, 0.5) is 0 Å². The third kappa shape index (κ3) is 2.05. The Labute approximate surface area is 129 Å². The van der Waals surface area contributed by atoms with Gasteiger partial charge < -0.3 is 0 Å². The van der Waals surface area contributed by atoms with E-state index in [0.717, 1.165) is 10.9 Å². The molecule has 0 fully saturated rings. The highest BCUT2D eigenvalue weighted by molar-refractivity contribution is 9.10. The number of fused-ring (bicyclic) bond motifs is 1. The molecule has 0 spiro atoms. The van der Waals surface area contributed by atoms with Gasteiger partial charge in [-0.05, 0) is 90.8 Å². The van der Waals surface area contributed by atoms with E-state index in [1.165, 1.54) is 44.5 Å². The van der Waals surface area contributed by atoms with Crippen molar-refractivity contribution in [3.63, 3.8) is 0 Å². The third-order valence-corrected chi connectivity index (χ3v) is 4.95. The maximum Gasteiger partial charge on any atom is 0.0187 e. The average Bonchev–Trinajstić information content (AvgIpc) is 2.84. The lowest BCUT2D eigenvalue weighted by Gasteiger charge is -2.18. The van der Waals surface area contributed by atoms with Gasteiger partial charge in [-0.15, -0.1) is 0 Å². The number of hydrogen-bond acceptors (Lipinski definition) is 0. The average molecular weight is 327 g/mol. The first-order chi connectivity index (χ1) is 9.49. The van der Waals surface area contributed by atoms with Crippen molar-refractivity contribution in [3.05, 3.63) is 62.1 Å². The molecule has 2 aromatic carbocycles. The van der Waals surface area contributed by atoms with Crippen LogP contribution in [0.1, 0.15) is 33.4 Å². The molecule has 1 aliphatic rings. The van der Waals surface area contributed by atoms with Crippen molar-refractivity contribution in [1.29, 1.82) is 0 Å². The molecule has 0 unspecified atom stereocenters. The van der Waals surface area contributed by atoms with E-state index in [-0.39, 0.29) is 0 Å². The highest BCUT2D eigenvalue weighted by Crippen LogP contribution is 2.38. The molecule has 102 valence electrons. The molecule has 0 radical (unpaired) electrons. The van der Waals surface area contributed by atoms with Crippen molar-refractivity contribution in [2.75, 3.05) is 0 Å². The summed E-state index contributed by atoms with van der Waals surface area (Å²) in [6.45, 7) is 8.90. The molecule has 3 rings (SSSR count). The van der Waals surface area contributed by atoms with E-state index >= 15 is 0 Å². The van der Waals surface area contributed by atoms with Crippen molar-refractivity contribution >= 4 is 22.0 Å². The Bertz CT molecular complexity index is 736. The van der Waals surface area contributed by atoms with Gasteiger partial charge in [0.05, 0.1) is 0 Å². The smallest absolute Gasteiger partial charge is 0.0187 e. The Hall–Kier alpha value is -1.34. The van der Waals surface area contributed by atoms with Crippen LogP contribution in [0.15, 0.2) is 28.7 Å². The lowest BCUT2D eigenvalue weighted by atomic mass is 9.87. The Kier molecular flexibility index (Phi) is 3.33. The number of allylic oxidation sites excluding steroid dienone is 1. The van der Waals surface area contributed by atoms with Crippen molar-refractivity contribution in [2.24, 2.45) is 0 Å². The summed E-state index contributed by atoms with van der Waals surface area (Å²) < 4.78 is 1.16. The van der Waals surface area contributed by atoms with Gasteiger partial charge in [0, 0.05) is 4.47 Å². The third-order valence-electron chi connectivity index (χ3n) is 4.49. The fourth-order valence-electron chi connectivity index (χ4n) is 3.26. The summed E-state index contributed by atoms with van der Waals surface area (Å²) in [4.78, 5) is 0. The zero-order valence-electron chi connectivity index (χ0n) is 12.5. The lowest BCUT2D eigenvalue weighted by molar-refractivity contribution is 1.22. The SMILES string of the molecule is Cc1cc(C)c(-c2cc(Br)cc3c2CC=C3)c(C)c1C. The minimum Gasteiger partial charge on any atom is -0.0795 e. The molecule has 0 nitrogen and oxygen atoms in total. The summed E-state index contributed by atoms with van der Waals surface area (Å²) in [6.07, 6.45) is 5.53. The number of benzene rings is 2. The van der Waals surface area contributed by atoms with E-state index in [1.807, 2.05) is 0 Å². The molecule has 20 heavy (non-hydrogen) atoms. The number of rotatable bonds is 1. The summed E-state index contributed by atoms with van der Waals surface area (Å²) in [5, 5.41) is 0. The van der Waals surface area contributed by atoms with Crippen molar-refractivity contribution in [3.8, 4) is 11.1 Å². The summed E-state index contributed by atoms with van der Waals surface area (Å²) >= 11 is 3.66. The predicted octanol–water partition coefficient (Wildman–Crippen LogP) is 5.92. The molecule has 1 heteroatoms. The van der Waals surface area contributed by atoms with Crippen LogP contribution in [0.3, 0.4) is 0 Å². The Balaban J connectivity index is 2.34. The van der Waals surface area contributed by atoms with Crippen LogP contribution in [0.2, 0.25) is 0 Å². The zero-order chi connectivity index (χ0) is 14.4. The van der Waals surface area contributed by atoms with Crippen LogP contribution >= 0.6 is 15.9 Å². The molecule has 0 bridgehead atoms. The molecule has 2 aromatic rings. The summed E-state index contributed by atoms with van der Waals surface area (Å²) in [6, 6.07) is 6.80. The first-order valence-corrected chi connectivity index (χ1v) is 7.85. The number of halogens is 1. The largest absolute Gasteiger partial charge is 0.0795 e. The Morgan fingerprint density at radius 1 is 0.900 bits per heavy atom. The fourth-order valence-corrected chi connectivity index (χ4v) is 3.74. The van der Waals surface area contributed by atoms with E-state index in [9.17, 15) is 0 Å². The molecule has 0 atom stereocenters. The van der Waals surface area contributed by atoms with Crippen LogP contribution in [0.5, 0.6) is 0 Å². The van der Waals surface area contributed by atoms with Crippen LogP contribution < -0.4 is 0 Å². The zero-order valence-corrected chi connectivity index (χ0v) is 14.1. The van der Waals surface area contributed by atoms with Gasteiger partial charge in [0.1, 0.15) is 0 Å². The second kappa shape index (κ2) is 4.89. The molecule has 0 saturated heterocycles. The van der Waals surface area contributed by atoms with E-state index in [4.69, 9.17) is 0 Å². The van der Waals surface area contributed by atoms with Crippen LogP contribution in [0, 0.1) is 27.7 Å². The van der Waals surface area contributed by atoms with Gasteiger partial charge in [-0.3, -0.25) is 0 Å². The maximum atomic E-state index is 3.66. The van der Waals surface area contributed by atoms with Gasteiger partial charge in [-0.1, -0.05) is 34.1 Å². The maximum absolute atomic E-state index is 3.66. The van der Waals surface area contributed by atoms with Crippen LogP contribution in [-0.4, -0.2) is 0 Å². The topological polar surface area (TPSA) is 0 Å².